The van der Waals surface area contributed by atoms with Crippen LogP contribution < -0.4 is 20.3 Å². The van der Waals surface area contributed by atoms with Crippen LogP contribution in [0.3, 0.4) is 0 Å². The van der Waals surface area contributed by atoms with E-state index in [2.05, 4.69) is 10.4 Å². The van der Waals surface area contributed by atoms with E-state index in [1.807, 2.05) is 32.0 Å². The van der Waals surface area contributed by atoms with Gasteiger partial charge < -0.3 is 19.2 Å². The van der Waals surface area contributed by atoms with Crippen LogP contribution >= 0.6 is 0 Å². The molecule has 0 aliphatic carbocycles. The van der Waals surface area contributed by atoms with Crippen molar-refractivity contribution in [2.75, 3.05) is 13.2 Å². The van der Waals surface area contributed by atoms with Gasteiger partial charge in [-0.3, -0.25) is 14.0 Å². The third kappa shape index (κ3) is 3.21. The van der Waals surface area contributed by atoms with Crippen LogP contribution in [-0.4, -0.2) is 33.3 Å². The maximum absolute atomic E-state index is 13.2. The van der Waals surface area contributed by atoms with Crippen LogP contribution in [0.5, 0.6) is 11.5 Å². The van der Waals surface area contributed by atoms with Crippen LogP contribution in [0.1, 0.15) is 44.2 Å². The number of amides is 1. The average molecular weight is 436 g/mol. The van der Waals surface area contributed by atoms with Gasteiger partial charge in [0.15, 0.2) is 17.1 Å². The van der Waals surface area contributed by atoms with Crippen LogP contribution in [0.2, 0.25) is 0 Å². The molecule has 1 aromatic carbocycles. The number of fused-ring (bicyclic) bond motifs is 4. The quantitative estimate of drug-likeness (QED) is 0.516. The first-order valence-electron chi connectivity index (χ1n) is 10.7. The maximum Gasteiger partial charge on any atom is 0.291 e. The minimum absolute atomic E-state index is 0.290. The Kier molecular flexibility index (Phi) is 4.88. The Bertz CT molecular complexity index is 1380. The second-order valence-corrected chi connectivity index (χ2v) is 7.86. The summed E-state index contributed by atoms with van der Waals surface area (Å²) < 4.78 is 19.7. The van der Waals surface area contributed by atoms with Crippen LogP contribution in [0.15, 0.2) is 45.8 Å². The van der Waals surface area contributed by atoms with Gasteiger partial charge in [0.05, 0.1) is 17.8 Å². The molecule has 0 bridgehead atoms. The maximum atomic E-state index is 13.2. The lowest BCUT2D eigenvalue weighted by atomic mass is 10.1. The highest BCUT2D eigenvalue weighted by Gasteiger charge is 2.24. The van der Waals surface area contributed by atoms with Gasteiger partial charge in [-0.25, -0.2) is 4.68 Å². The lowest BCUT2D eigenvalue weighted by Gasteiger charge is -2.22. The number of aryl methyl sites for hydroxylation is 1. The lowest BCUT2D eigenvalue weighted by molar-refractivity contribution is -0.124. The predicted molar refractivity (Wildman–Crippen MR) is 117 cm³/mol. The number of hydrogen-bond acceptors (Lipinski definition) is 6. The van der Waals surface area contributed by atoms with E-state index < -0.39 is 6.04 Å². The number of furan rings is 1. The van der Waals surface area contributed by atoms with Crippen molar-refractivity contribution in [3.05, 3.63) is 58.3 Å². The molecule has 3 aromatic heterocycles. The number of benzene rings is 1. The summed E-state index contributed by atoms with van der Waals surface area (Å²) in [6, 6.07) is 8.01. The number of carbonyl (C=O) groups is 1. The summed E-state index contributed by atoms with van der Waals surface area (Å²) in [5, 5.41) is 7.48. The summed E-state index contributed by atoms with van der Waals surface area (Å²) in [6.07, 6.45) is 2.17. The molecule has 9 nitrogen and oxygen atoms in total. The number of nitrogens with zero attached hydrogens (tertiary/aromatic N) is 3. The van der Waals surface area contributed by atoms with Crippen LogP contribution in [0, 0.1) is 0 Å². The summed E-state index contributed by atoms with van der Waals surface area (Å²) in [5.41, 5.74) is 2.37. The molecule has 1 aliphatic heterocycles. The van der Waals surface area contributed by atoms with E-state index in [9.17, 15) is 9.59 Å². The van der Waals surface area contributed by atoms with E-state index in [1.54, 1.807) is 29.7 Å². The van der Waals surface area contributed by atoms with Crippen LogP contribution in [0.4, 0.5) is 0 Å². The summed E-state index contributed by atoms with van der Waals surface area (Å²) in [5.74, 6) is 1.73. The summed E-state index contributed by atoms with van der Waals surface area (Å²) in [7, 11) is 0. The Hall–Kier alpha value is -3.75. The number of rotatable bonds is 5. The average Bonchev–Trinajstić information content (AvgIpc) is 3.41. The normalized spacial score (nSPS) is 15.1. The van der Waals surface area contributed by atoms with E-state index in [4.69, 9.17) is 13.9 Å². The number of hydrogen-bond donors (Lipinski definition) is 1. The Morgan fingerprint density at radius 2 is 1.91 bits per heavy atom. The number of aromatic nitrogens is 3. The van der Waals surface area contributed by atoms with Crippen molar-refractivity contribution in [1.29, 1.82) is 0 Å². The summed E-state index contributed by atoms with van der Waals surface area (Å²) >= 11 is 0. The van der Waals surface area contributed by atoms with Gasteiger partial charge in [0.1, 0.15) is 30.6 Å². The molecule has 0 spiro atoms. The van der Waals surface area contributed by atoms with Crippen LogP contribution in [0.25, 0.3) is 16.6 Å². The zero-order valence-electron chi connectivity index (χ0n) is 18.1. The minimum Gasteiger partial charge on any atom is -0.486 e. The number of carbonyl (C=O) groups excluding carboxylic acids is 1. The monoisotopic (exact) mass is 436 g/mol. The minimum atomic E-state index is -0.793. The van der Waals surface area contributed by atoms with Gasteiger partial charge >= 0.3 is 0 Å². The first-order valence-corrected chi connectivity index (χ1v) is 10.7. The molecular weight excluding hydrogens is 412 g/mol. The van der Waals surface area contributed by atoms with Gasteiger partial charge in [-0.1, -0.05) is 13.0 Å². The molecular formula is C23H24N4O5. The topological polar surface area (TPSA) is 100 Å². The van der Waals surface area contributed by atoms with Crippen molar-refractivity contribution >= 4 is 22.5 Å². The highest BCUT2D eigenvalue weighted by atomic mass is 16.6. The van der Waals surface area contributed by atoms with Gasteiger partial charge in [-0.15, -0.1) is 0 Å². The van der Waals surface area contributed by atoms with Crippen molar-refractivity contribution in [2.24, 2.45) is 0 Å². The number of nitrogens with one attached hydrogen (secondary N) is 1. The first kappa shape index (κ1) is 20.2. The van der Waals surface area contributed by atoms with E-state index in [0.717, 1.165) is 11.1 Å². The van der Waals surface area contributed by atoms with Crippen molar-refractivity contribution < 1.29 is 18.7 Å². The second kappa shape index (κ2) is 7.74. The third-order valence-electron chi connectivity index (χ3n) is 5.82. The summed E-state index contributed by atoms with van der Waals surface area (Å²) in [6.45, 7) is 6.53. The first-order chi connectivity index (χ1) is 15.5. The van der Waals surface area contributed by atoms with Gasteiger partial charge in [-0.2, -0.15) is 5.10 Å². The van der Waals surface area contributed by atoms with E-state index in [0.29, 0.717) is 48.1 Å². The molecule has 1 N–H and O–H groups in total. The molecule has 1 amide bonds. The fourth-order valence-corrected chi connectivity index (χ4v) is 4.04. The van der Waals surface area contributed by atoms with Crippen molar-refractivity contribution in [3.8, 4) is 11.5 Å². The van der Waals surface area contributed by atoms with Gasteiger partial charge in [0.2, 0.25) is 5.91 Å². The van der Waals surface area contributed by atoms with Crippen molar-refractivity contribution in [2.45, 2.75) is 39.3 Å². The molecule has 5 rings (SSSR count). The van der Waals surface area contributed by atoms with Gasteiger partial charge in [-0.05, 0) is 31.5 Å². The third-order valence-corrected chi connectivity index (χ3v) is 5.82. The predicted octanol–water partition coefficient (Wildman–Crippen LogP) is 3.01. The van der Waals surface area contributed by atoms with Gasteiger partial charge in [0, 0.05) is 18.6 Å². The molecule has 32 heavy (non-hydrogen) atoms. The van der Waals surface area contributed by atoms with Crippen molar-refractivity contribution in [1.82, 2.24) is 19.5 Å². The highest BCUT2D eigenvalue weighted by Crippen LogP contribution is 2.32. The van der Waals surface area contributed by atoms with E-state index >= 15 is 0 Å². The van der Waals surface area contributed by atoms with Gasteiger partial charge in [0.25, 0.3) is 5.56 Å². The molecule has 1 aliphatic rings. The zero-order chi connectivity index (χ0) is 22.4. The molecule has 166 valence electrons. The Labute approximate surface area is 183 Å². The molecule has 0 radical (unpaired) electrons. The molecule has 4 aromatic rings. The van der Waals surface area contributed by atoms with Crippen molar-refractivity contribution in [3.63, 3.8) is 0 Å². The lowest BCUT2D eigenvalue weighted by Crippen LogP contribution is -2.39. The highest BCUT2D eigenvalue weighted by molar-refractivity contribution is 5.83. The molecule has 0 fully saturated rings. The standard InChI is InChI=1S/C23H24N4O5/c1-4-21-25-27(23(29)17-12-19-16(26(17)21)7-8-30-19)14(3)22(28)24-13(2)15-5-6-18-20(11-15)32-10-9-31-18/h5-8,11-14H,4,9-10H2,1-3H3,(H,24,28)/t13-,14-/m1/s1. The van der Waals surface area contributed by atoms with E-state index in [-0.39, 0.29) is 17.5 Å². The smallest absolute Gasteiger partial charge is 0.291 e. The number of ether oxygens (including phenoxy) is 2. The fraction of sp³-hybridized carbons (Fsp3) is 0.348. The molecule has 9 heteroatoms. The molecule has 0 saturated carbocycles. The molecule has 2 atom stereocenters. The van der Waals surface area contributed by atoms with E-state index in [1.165, 1.54) is 4.68 Å². The molecule has 0 unspecified atom stereocenters. The fourth-order valence-electron chi connectivity index (χ4n) is 4.04. The Morgan fingerprint density at radius 1 is 1.12 bits per heavy atom. The Balaban J connectivity index is 1.43. The SMILES string of the molecule is CCc1nn([C@H](C)C(=O)N[C@H](C)c2ccc3c(c2)OCCO3)c(=O)c2cc3occc3n12. The van der Waals surface area contributed by atoms with Crippen LogP contribution in [-0.2, 0) is 11.2 Å². The molecule has 4 heterocycles. The Morgan fingerprint density at radius 3 is 2.69 bits per heavy atom. The zero-order valence-corrected chi connectivity index (χ0v) is 18.1. The second-order valence-electron chi connectivity index (χ2n) is 7.86. The molecule has 0 saturated heterocycles. The summed E-state index contributed by atoms with van der Waals surface area (Å²) in [4.78, 5) is 26.2. The largest absolute Gasteiger partial charge is 0.486 e.